The third kappa shape index (κ3) is 4.09. The van der Waals surface area contributed by atoms with E-state index in [0.29, 0.717) is 28.9 Å². The quantitative estimate of drug-likeness (QED) is 0.413. The Labute approximate surface area is 183 Å². The molecule has 7 heteroatoms. The van der Waals surface area contributed by atoms with Crippen molar-refractivity contribution in [2.75, 3.05) is 13.7 Å². The van der Waals surface area contributed by atoms with Crippen LogP contribution in [0.5, 0.6) is 5.75 Å². The predicted molar refractivity (Wildman–Crippen MR) is 122 cm³/mol. The summed E-state index contributed by atoms with van der Waals surface area (Å²) >= 11 is 1.51. The third-order valence-corrected chi connectivity index (χ3v) is 6.02. The summed E-state index contributed by atoms with van der Waals surface area (Å²) in [6.07, 6.45) is 1.56. The number of rotatable bonds is 6. The highest BCUT2D eigenvalue weighted by molar-refractivity contribution is 7.19. The number of hydrogen-bond donors (Lipinski definition) is 0. The molecule has 0 N–H and O–H groups in total. The smallest absolute Gasteiger partial charge is 0.337 e. The minimum Gasteiger partial charge on any atom is -0.494 e. The van der Waals surface area contributed by atoms with Crippen LogP contribution in [0, 0.1) is 6.92 Å². The van der Waals surface area contributed by atoms with Crippen LogP contribution in [-0.2, 0) is 11.3 Å². The summed E-state index contributed by atoms with van der Waals surface area (Å²) in [6.45, 7) is 4.86. The van der Waals surface area contributed by atoms with Crippen molar-refractivity contribution in [1.29, 1.82) is 0 Å². The molecule has 0 amide bonds. The highest BCUT2D eigenvalue weighted by Crippen LogP contribution is 2.36. The Morgan fingerprint density at radius 1 is 1.16 bits per heavy atom. The first-order chi connectivity index (χ1) is 15.0. The van der Waals surface area contributed by atoms with Gasteiger partial charge >= 0.3 is 5.97 Å². The van der Waals surface area contributed by atoms with Gasteiger partial charge in [-0.3, -0.25) is 9.36 Å². The maximum Gasteiger partial charge on any atom is 0.337 e. The van der Waals surface area contributed by atoms with Crippen LogP contribution >= 0.6 is 11.3 Å². The SMILES string of the molecule is CCOc1ccc(-c2c(C)sc3ncn(Cc4cccc(C(=O)OC)c4)c(=O)c23)cc1. The topological polar surface area (TPSA) is 70.4 Å². The number of ether oxygens (including phenoxy) is 2. The fourth-order valence-corrected chi connectivity index (χ4v) is 4.60. The molecule has 2 heterocycles. The fourth-order valence-electron chi connectivity index (χ4n) is 3.59. The molecule has 0 fully saturated rings. The van der Waals surface area contributed by atoms with Gasteiger partial charge in [0.2, 0.25) is 0 Å². The molecule has 0 aliphatic heterocycles. The average molecular weight is 435 g/mol. The van der Waals surface area contributed by atoms with Crippen molar-refractivity contribution in [2.24, 2.45) is 0 Å². The monoisotopic (exact) mass is 434 g/mol. The molecule has 0 bridgehead atoms. The Bertz CT molecular complexity index is 1310. The first-order valence-corrected chi connectivity index (χ1v) is 10.7. The first kappa shape index (κ1) is 20.8. The van der Waals surface area contributed by atoms with Gasteiger partial charge in [0.15, 0.2) is 0 Å². The summed E-state index contributed by atoms with van der Waals surface area (Å²) in [5.41, 5.74) is 3.01. The van der Waals surface area contributed by atoms with Gasteiger partial charge in [-0.25, -0.2) is 9.78 Å². The van der Waals surface area contributed by atoms with Crippen LogP contribution in [0.1, 0.15) is 27.7 Å². The standard InChI is InChI=1S/C24H22N2O4S/c1-4-30-19-10-8-17(9-11-19)20-15(2)31-22-21(20)23(27)26(14-25-22)13-16-6-5-7-18(12-16)24(28)29-3/h5-12,14H,4,13H2,1-3H3. The highest BCUT2D eigenvalue weighted by Gasteiger charge is 2.17. The molecule has 2 aromatic heterocycles. The Balaban J connectivity index is 1.76. The second-order valence-electron chi connectivity index (χ2n) is 7.04. The van der Waals surface area contributed by atoms with Crippen molar-refractivity contribution in [2.45, 2.75) is 20.4 Å². The van der Waals surface area contributed by atoms with Gasteiger partial charge in [-0.1, -0.05) is 24.3 Å². The number of carbonyl (C=O) groups excluding carboxylic acids is 1. The Hall–Kier alpha value is -3.45. The van der Waals surface area contributed by atoms with Crippen LogP contribution in [0.15, 0.2) is 59.7 Å². The van der Waals surface area contributed by atoms with Crippen LogP contribution in [0.25, 0.3) is 21.3 Å². The molecule has 0 saturated carbocycles. The van der Waals surface area contributed by atoms with E-state index in [0.717, 1.165) is 27.3 Å². The largest absolute Gasteiger partial charge is 0.494 e. The molecule has 158 valence electrons. The van der Waals surface area contributed by atoms with Gasteiger partial charge in [-0.2, -0.15) is 0 Å². The van der Waals surface area contributed by atoms with E-state index < -0.39 is 5.97 Å². The Morgan fingerprint density at radius 3 is 2.65 bits per heavy atom. The lowest BCUT2D eigenvalue weighted by atomic mass is 10.0. The average Bonchev–Trinajstić information content (AvgIpc) is 3.13. The number of methoxy groups -OCH3 is 1. The number of benzene rings is 2. The van der Waals surface area contributed by atoms with E-state index >= 15 is 0 Å². The minimum atomic E-state index is -0.408. The van der Waals surface area contributed by atoms with E-state index in [1.807, 2.05) is 44.2 Å². The second kappa shape index (κ2) is 8.73. The summed E-state index contributed by atoms with van der Waals surface area (Å²) in [5.74, 6) is 0.387. The number of nitrogens with zero attached hydrogens (tertiary/aromatic N) is 2. The van der Waals surface area contributed by atoms with Gasteiger partial charge in [-0.05, 0) is 49.2 Å². The predicted octanol–water partition coefficient (Wildman–Crippen LogP) is 4.67. The fraction of sp³-hybridized carbons (Fsp3) is 0.208. The van der Waals surface area contributed by atoms with E-state index in [1.165, 1.54) is 18.4 Å². The van der Waals surface area contributed by atoms with Crippen LogP contribution in [0.2, 0.25) is 0 Å². The first-order valence-electron chi connectivity index (χ1n) is 9.90. The van der Waals surface area contributed by atoms with Crippen LogP contribution in [0.4, 0.5) is 0 Å². The maximum atomic E-state index is 13.4. The van der Waals surface area contributed by atoms with Crippen LogP contribution in [0.3, 0.4) is 0 Å². The zero-order valence-corrected chi connectivity index (χ0v) is 18.4. The molecule has 2 aromatic carbocycles. The van der Waals surface area contributed by atoms with Gasteiger partial charge in [0, 0.05) is 10.4 Å². The summed E-state index contributed by atoms with van der Waals surface area (Å²) < 4.78 is 11.9. The lowest BCUT2D eigenvalue weighted by molar-refractivity contribution is 0.0600. The van der Waals surface area contributed by atoms with Gasteiger partial charge in [0.05, 0.1) is 37.5 Å². The van der Waals surface area contributed by atoms with Crippen molar-refractivity contribution >= 4 is 27.5 Å². The van der Waals surface area contributed by atoms with Crippen molar-refractivity contribution in [3.63, 3.8) is 0 Å². The molecule has 31 heavy (non-hydrogen) atoms. The van der Waals surface area contributed by atoms with Crippen molar-refractivity contribution in [3.05, 3.63) is 81.2 Å². The van der Waals surface area contributed by atoms with Crippen molar-refractivity contribution in [1.82, 2.24) is 9.55 Å². The molecule has 6 nitrogen and oxygen atoms in total. The number of fused-ring (bicyclic) bond motifs is 1. The Kier molecular flexibility index (Phi) is 5.86. The second-order valence-corrected chi connectivity index (χ2v) is 8.24. The zero-order valence-electron chi connectivity index (χ0n) is 17.5. The minimum absolute atomic E-state index is 0.110. The van der Waals surface area contributed by atoms with Gasteiger partial charge in [0.1, 0.15) is 10.6 Å². The summed E-state index contributed by atoms with van der Waals surface area (Å²) in [7, 11) is 1.35. The molecule has 0 unspecified atom stereocenters. The molecule has 4 rings (SSSR count). The van der Waals surface area contributed by atoms with Crippen molar-refractivity contribution < 1.29 is 14.3 Å². The molecule has 0 atom stereocenters. The molecule has 4 aromatic rings. The summed E-state index contributed by atoms with van der Waals surface area (Å²) in [6, 6.07) is 14.8. The normalized spacial score (nSPS) is 10.9. The number of aryl methyl sites for hydroxylation is 1. The van der Waals surface area contributed by atoms with E-state index in [1.54, 1.807) is 29.1 Å². The Morgan fingerprint density at radius 2 is 1.94 bits per heavy atom. The molecule has 0 radical (unpaired) electrons. The maximum absolute atomic E-state index is 13.4. The molecule has 0 aliphatic rings. The van der Waals surface area contributed by atoms with E-state index in [4.69, 9.17) is 9.47 Å². The van der Waals surface area contributed by atoms with Crippen LogP contribution < -0.4 is 10.3 Å². The molecule has 0 spiro atoms. The van der Waals surface area contributed by atoms with E-state index in [9.17, 15) is 9.59 Å². The lowest BCUT2D eigenvalue weighted by Gasteiger charge is -2.09. The highest BCUT2D eigenvalue weighted by atomic mass is 32.1. The molecular formula is C24H22N2O4S. The number of esters is 1. The van der Waals surface area contributed by atoms with Crippen LogP contribution in [-0.4, -0.2) is 29.2 Å². The van der Waals surface area contributed by atoms with E-state index in [2.05, 4.69) is 4.98 Å². The molecule has 0 saturated heterocycles. The van der Waals surface area contributed by atoms with Crippen molar-refractivity contribution in [3.8, 4) is 16.9 Å². The van der Waals surface area contributed by atoms with Gasteiger partial charge in [0.25, 0.3) is 5.56 Å². The summed E-state index contributed by atoms with van der Waals surface area (Å²) in [5, 5.41) is 0.610. The number of carbonyl (C=O) groups is 1. The lowest BCUT2D eigenvalue weighted by Crippen LogP contribution is -2.21. The van der Waals surface area contributed by atoms with Gasteiger partial charge in [-0.15, -0.1) is 11.3 Å². The number of hydrogen-bond acceptors (Lipinski definition) is 6. The third-order valence-electron chi connectivity index (χ3n) is 5.01. The number of aromatic nitrogens is 2. The van der Waals surface area contributed by atoms with E-state index in [-0.39, 0.29) is 5.56 Å². The summed E-state index contributed by atoms with van der Waals surface area (Å²) in [4.78, 5) is 31.5. The van der Waals surface area contributed by atoms with Gasteiger partial charge < -0.3 is 9.47 Å². The zero-order chi connectivity index (χ0) is 22.0. The number of thiophene rings is 1. The molecule has 0 aliphatic carbocycles. The molecular weight excluding hydrogens is 412 g/mol.